The van der Waals surface area contributed by atoms with Crippen LogP contribution in [-0.2, 0) is 14.4 Å². The Morgan fingerprint density at radius 2 is 2.21 bits per heavy atom. The lowest BCUT2D eigenvalue weighted by molar-refractivity contribution is -0.141. The zero-order chi connectivity index (χ0) is 14.6. The molecule has 1 aliphatic rings. The van der Waals surface area contributed by atoms with Crippen LogP contribution in [0.1, 0.15) is 20.3 Å². The minimum Gasteiger partial charge on any atom is -0.318 e. The van der Waals surface area contributed by atoms with Crippen molar-refractivity contribution in [3.05, 3.63) is 35.5 Å². The van der Waals surface area contributed by atoms with Crippen molar-refractivity contribution in [3.8, 4) is 0 Å². The van der Waals surface area contributed by atoms with Gasteiger partial charge >= 0.3 is 5.97 Å². The Morgan fingerprint density at radius 3 is 2.74 bits per heavy atom. The first-order valence-electron chi connectivity index (χ1n) is 5.57. The monoisotopic (exact) mass is 282 g/mol. The fourth-order valence-corrected chi connectivity index (χ4v) is 1.72. The van der Waals surface area contributed by atoms with Gasteiger partial charge in [0.25, 0.3) is 5.91 Å². The van der Waals surface area contributed by atoms with E-state index in [9.17, 15) is 9.59 Å². The van der Waals surface area contributed by atoms with Crippen LogP contribution in [-0.4, -0.2) is 29.0 Å². The second-order valence-corrected chi connectivity index (χ2v) is 4.74. The summed E-state index contributed by atoms with van der Waals surface area (Å²) in [6.07, 6.45) is 1.92. The van der Waals surface area contributed by atoms with Crippen molar-refractivity contribution in [2.75, 3.05) is 6.54 Å². The second kappa shape index (κ2) is 6.33. The van der Waals surface area contributed by atoms with Gasteiger partial charge < -0.3 is 9.74 Å². The van der Waals surface area contributed by atoms with Crippen molar-refractivity contribution in [1.29, 1.82) is 0 Å². The minimum atomic E-state index is -0.575. The molecule has 1 heterocycles. The molecule has 6 heteroatoms. The molecule has 5 nitrogen and oxygen atoms in total. The highest BCUT2D eigenvalue weighted by atomic mass is 35.5. The number of oxime groups is 1. The first-order chi connectivity index (χ1) is 8.81. The summed E-state index contributed by atoms with van der Waals surface area (Å²) in [5, 5.41) is 4.10. The molecule has 19 heavy (non-hydrogen) atoms. The van der Waals surface area contributed by atoms with Crippen molar-refractivity contribution in [3.63, 3.8) is 0 Å². The molecule has 0 bridgehead atoms. The van der Waals surface area contributed by atoms with Crippen LogP contribution in [0.15, 0.2) is 40.7 Å². The SMILES string of the molecule is C=C(/C=C(\C)Cl)CN1C(=C)C/C(=N/OC(C)=O)C1=O. The number of nitrogens with zero attached hydrogens (tertiary/aromatic N) is 2. The van der Waals surface area contributed by atoms with Crippen molar-refractivity contribution in [2.24, 2.45) is 5.16 Å². The topological polar surface area (TPSA) is 59.0 Å². The number of carbonyl (C=O) groups excluding carboxylic acids is 2. The van der Waals surface area contributed by atoms with Gasteiger partial charge in [-0.25, -0.2) is 4.79 Å². The summed E-state index contributed by atoms with van der Waals surface area (Å²) < 4.78 is 0. The molecule has 0 atom stereocenters. The molecule has 1 saturated heterocycles. The van der Waals surface area contributed by atoms with Crippen LogP contribution < -0.4 is 0 Å². The van der Waals surface area contributed by atoms with Crippen LogP contribution in [0.25, 0.3) is 0 Å². The maximum absolute atomic E-state index is 12.0. The quantitative estimate of drug-likeness (QED) is 0.452. The van der Waals surface area contributed by atoms with E-state index in [0.29, 0.717) is 16.3 Å². The van der Waals surface area contributed by atoms with Gasteiger partial charge in [-0.2, -0.15) is 0 Å². The molecule has 1 aliphatic heterocycles. The van der Waals surface area contributed by atoms with Gasteiger partial charge in [0, 0.05) is 24.1 Å². The molecule has 0 N–H and O–H groups in total. The zero-order valence-electron chi connectivity index (χ0n) is 10.9. The molecule has 0 radical (unpaired) electrons. The lowest BCUT2D eigenvalue weighted by Gasteiger charge is -2.16. The number of rotatable bonds is 4. The Balaban J connectivity index is 2.77. The Bertz CT molecular complexity index is 502. The first kappa shape index (κ1) is 15.2. The fourth-order valence-electron chi connectivity index (χ4n) is 1.57. The Labute approximate surface area is 116 Å². The van der Waals surface area contributed by atoms with Crippen LogP contribution in [0.2, 0.25) is 0 Å². The molecule has 102 valence electrons. The number of halogens is 1. The van der Waals surface area contributed by atoms with Gasteiger partial charge in [-0.1, -0.05) is 29.9 Å². The molecule has 0 aromatic heterocycles. The Hall–Kier alpha value is -1.88. The number of allylic oxidation sites excluding steroid dienone is 2. The molecule has 0 aromatic rings. The van der Waals surface area contributed by atoms with E-state index in [-0.39, 0.29) is 24.6 Å². The average Bonchev–Trinajstić information content (AvgIpc) is 2.53. The van der Waals surface area contributed by atoms with Crippen molar-refractivity contribution in [1.82, 2.24) is 4.90 Å². The average molecular weight is 283 g/mol. The lowest BCUT2D eigenvalue weighted by atomic mass is 10.2. The predicted molar refractivity (Wildman–Crippen MR) is 73.4 cm³/mol. The summed E-state index contributed by atoms with van der Waals surface area (Å²) >= 11 is 5.74. The van der Waals surface area contributed by atoms with E-state index in [4.69, 9.17) is 11.6 Å². The van der Waals surface area contributed by atoms with Gasteiger partial charge in [0.05, 0.1) is 6.54 Å². The van der Waals surface area contributed by atoms with E-state index in [1.54, 1.807) is 13.0 Å². The summed E-state index contributed by atoms with van der Waals surface area (Å²) in [6, 6.07) is 0. The van der Waals surface area contributed by atoms with E-state index < -0.39 is 5.97 Å². The van der Waals surface area contributed by atoms with Gasteiger partial charge in [-0.3, -0.25) is 4.79 Å². The number of likely N-dealkylation sites (tertiary alicyclic amines) is 1. The smallest absolute Gasteiger partial charge is 0.318 e. The third-order valence-corrected chi connectivity index (χ3v) is 2.40. The molecular formula is C13H15ClN2O3. The molecule has 0 spiro atoms. The second-order valence-electron chi connectivity index (χ2n) is 4.14. The maximum atomic E-state index is 12.0. The normalized spacial score (nSPS) is 18.2. The number of hydrogen-bond acceptors (Lipinski definition) is 4. The summed E-state index contributed by atoms with van der Waals surface area (Å²) in [4.78, 5) is 28.6. The lowest BCUT2D eigenvalue weighted by Crippen LogP contribution is -2.28. The van der Waals surface area contributed by atoms with Crippen molar-refractivity contribution >= 4 is 29.2 Å². The predicted octanol–water partition coefficient (Wildman–Crippen LogP) is 2.35. The van der Waals surface area contributed by atoms with Gasteiger partial charge in [-0.05, 0) is 18.6 Å². The summed E-state index contributed by atoms with van der Waals surface area (Å²) in [7, 11) is 0. The van der Waals surface area contributed by atoms with Crippen LogP contribution in [0.4, 0.5) is 0 Å². The van der Waals surface area contributed by atoms with Gasteiger partial charge in [0.15, 0.2) is 5.71 Å². The Morgan fingerprint density at radius 1 is 1.58 bits per heavy atom. The highest BCUT2D eigenvalue weighted by Gasteiger charge is 2.31. The third kappa shape index (κ3) is 4.37. The van der Waals surface area contributed by atoms with E-state index in [1.165, 1.54) is 11.8 Å². The summed E-state index contributed by atoms with van der Waals surface area (Å²) in [5.74, 6) is -0.914. The van der Waals surface area contributed by atoms with Gasteiger partial charge in [-0.15, -0.1) is 0 Å². The standard InChI is InChI=1S/C13H15ClN2O3/c1-8(5-9(2)14)7-16-10(3)6-12(13(16)18)15-19-11(4)17/h5H,1,3,6-7H2,2,4H3/b9-5+,15-12-. The highest BCUT2D eigenvalue weighted by Crippen LogP contribution is 2.21. The van der Waals surface area contributed by atoms with Crippen LogP contribution >= 0.6 is 11.6 Å². The number of hydrogen-bond donors (Lipinski definition) is 0. The highest BCUT2D eigenvalue weighted by molar-refractivity contribution is 6.41. The van der Waals surface area contributed by atoms with Crippen LogP contribution in [0.5, 0.6) is 0 Å². The third-order valence-electron chi connectivity index (χ3n) is 2.29. The van der Waals surface area contributed by atoms with Gasteiger partial charge in [0.1, 0.15) is 0 Å². The Kier molecular flexibility index (Phi) is 5.06. The number of amides is 1. The number of carbonyl (C=O) groups is 2. The summed E-state index contributed by atoms with van der Waals surface area (Å²) in [6.45, 7) is 10.8. The van der Waals surface area contributed by atoms with Crippen molar-refractivity contribution < 1.29 is 14.4 Å². The fraction of sp³-hybridized carbons (Fsp3) is 0.308. The first-order valence-corrected chi connectivity index (χ1v) is 5.94. The molecule has 0 unspecified atom stereocenters. The summed E-state index contributed by atoms with van der Waals surface area (Å²) in [5.41, 5.74) is 1.41. The molecule has 1 rings (SSSR count). The zero-order valence-corrected chi connectivity index (χ0v) is 11.7. The minimum absolute atomic E-state index is 0.152. The van der Waals surface area contributed by atoms with Crippen LogP contribution in [0.3, 0.4) is 0 Å². The van der Waals surface area contributed by atoms with Gasteiger partial charge in [0.2, 0.25) is 0 Å². The molecule has 1 fully saturated rings. The van der Waals surface area contributed by atoms with Crippen molar-refractivity contribution in [2.45, 2.75) is 20.3 Å². The van der Waals surface area contributed by atoms with E-state index >= 15 is 0 Å². The molecule has 0 saturated carbocycles. The molecule has 1 amide bonds. The van der Waals surface area contributed by atoms with Crippen LogP contribution in [0, 0.1) is 0 Å². The van der Waals surface area contributed by atoms with E-state index in [1.807, 2.05) is 0 Å². The molecule has 0 aromatic carbocycles. The van der Waals surface area contributed by atoms with E-state index in [2.05, 4.69) is 23.2 Å². The largest absolute Gasteiger partial charge is 0.331 e. The van der Waals surface area contributed by atoms with E-state index in [0.717, 1.165) is 0 Å². The maximum Gasteiger partial charge on any atom is 0.331 e. The molecule has 0 aliphatic carbocycles. The molecular weight excluding hydrogens is 268 g/mol.